The molecule has 1 saturated heterocycles. The molecular weight excluding hydrogens is 156 g/mol. The van der Waals surface area contributed by atoms with E-state index in [9.17, 15) is 4.79 Å². The maximum absolute atomic E-state index is 10.4. The van der Waals surface area contributed by atoms with Crippen LogP contribution in [0.1, 0.15) is 6.42 Å². The normalized spacial score (nSPS) is 19.3. The Morgan fingerprint density at radius 2 is 2.17 bits per heavy atom. The quantitative estimate of drug-likeness (QED) is 0.614. The van der Waals surface area contributed by atoms with Crippen molar-refractivity contribution in [3.05, 3.63) is 6.42 Å². The molecule has 69 valence electrons. The van der Waals surface area contributed by atoms with Crippen LogP contribution in [0.25, 0.3) is 0 Å². The highest BCUT2D eigenvalue weighted by Crippen LogP contribution is 1.98. The van der Waals surface area contributed by atoms with Gasteiger partial charge in [-0.2, -0.15) is 0 Å². The predicted octanol–water partition coefficient (Wildman–Crippen LogP) is -0.602. The number of amides is 1. The third-order valence-electron chi connectivity index (χ3n) is 1.89. The summed E-state index contributed by atoms with van der Waals surface area (Å²) in [6, 6.07) is 0. The van der Waals surface area contributed by atoms with Gasteiger partial charge in [-0.05, 0) is 13.0 Å². The molecule has 2 N–H and O–H groups in total. The molecule has 1 heterocycles. The Kier molecular flexibility index (Phi) is 4.04. The smallest absolute Gasteiger partial charge is 0.221 e. The van der Waals surface area contributed by atoms with E-state index < -0.39 is 0 Å². The number of nitrogens with two attached hydrogens (primary N) is 1. The zero-order chi connectivity index (χ0) is 8.81. The van der Waals surface area contributed by atoms with Gasteiger partial charge in [0.05, 0.1) is 19.6 Å². The Morgan fingerprint density at radius 1 is 1.50 bits per heavy atom. The number of morpholine rings is 1. The number of carbonyl (C=O) groups excluding carboxylic acids is 1. The summed E-state index contributed by atoms with van der Waals surface area (Å²) in [4.78, 5) is 12.6. The fourth-order valence-electron chi connectivity index (χ4n) is 1.21. The van der Waals surface area contributed by atoms with Crippen LogP contribution >= 0.6 is 0 Å². The van der Waals surface area contributed by atoms with Crippen molar-refractivity contribution in [2.45, 2.75) is 6.42 Å². The van der Waals surface area contributed by atoms with Crippen LogP contribution < -0.4 is 5.73 Å². The van der Waals surface area contributed by atoms with Crippen LogP contribution in [0.4, 0.5) is 0 Å². The monoisotopic (exact) mass is 171 g/mol. The molecule has 0 aliphatic carbocycles. The summed E-state index contributed by atoms with van der Waals surface area (Å²) in [5.74, 6) is -0.330. The van der Waals surface area contributed by atoms with Crippen molar-refractivity contribution in [2.75, 3.05) is 32.8 Å². The average Bonchev–Trinajstić information content (AvgIpc) is 2.05. The minimum atomic E-state index is -0.330. The van der Waals surface area contributed by atoms with Crippen molar-refractivity contribution in [1.29, 1.82) is 0 Å². The van der Waals surface area contributed by atoms with Crippen molar-refractivity contribution >= 4 is 5.91 Å². The van der Waals surface area contributed by atoms with Gasteiger partial charge in [-0.15, -0.1) is 0 Å². The number of nitrogens with zero attached hydrogens (tertiary/aromatic N) is 1. The molecule has 1 amide bonds. The Bertz CT molecular complexity index is 144. The molecular formula is C8H15N2O2. The Hall–Kier alpha value is -0.610. The standard InChI is InChI=1S/C8H15N2O2/c9-8(11)2-1-3-10-4-6-12-7-5-10/h2H,1,3-7H2,(H2,9,11). The molecule has 0 spiro atoms. The molecule has 4 heteroatoms. The summed E-state index contributed by atoms with van der Waals surface area (Å²) in [6.07, 6.45) is 2.27. The van der Waals surface area contributed by atoms with E-state index in [0.717, 1.165) is 39.3 Å². The van der Waals surface area contributed by atoms with Crippen molar-refractivity contribution in [3.8, 4) is 0 Å². The summed E-state index contributed by atoms with van der Waals surface area (Å²) in [5.41, 5.74) is 4.97. The number of primary amides is 1. The first-order valence-electron chi connectivity index (χ1n) is 4.22. The Labute approximate surface area is 72.7 Å². The third-order valence-corrected chi connectivity index (χ3v) is 1.89. The van der Waals surface area contributed by atoms with Gasteiger partial charge >= 0.3 is 0 Å². The van der Waals surface area contributed by atoms with E-state index in [-0.39, 0.29) is 5.91 Å². The first-order valence-corrected chi connectivity index (χ1v) is 4.22. The lowest BCUT2D eigenvalue weighted by Crippen LogP contribution is -2.37. The van der Waals surface area contributed by atoms with Crippen LogP contribution in [0.5, 0.6) is 0 Å². The van der Waals surface area contributed by atoms with Crippen LogP contribution in [0.15, 0.2) is 0 Å². The molecule has 12 heavy (non-hydrogen) atoms. The molecule has 0 bridgehead atoms. The summed E-state index contributed by atoms with van der Waals surface area (Å²) >= 11 is 0. The maximum Gasteiger partial charge on any atom is 0.221 e. The van der Waals surface area contributed by atoms with Gasteiger partial charge in [0.1, 0.15) is 0 Å². The van der Waals surface area contributed by atoms with E-state index in [1.54, 1.807) is 0 Å². The summed E-state index contributed by atoms with van der Waals surface area (Å²) in [7, 11) is 0. The lowest BCUT2D eigenvalue weighted by molar-refractivity contribution is -0.115. The molecule has 1 radical (unpaired) electrons. The third kappa shape index (κ3) is 3.69. The highest BCUT2D eigenvalue weighted by Gasteiger charge is 2.09. The topological polar surface area (TPSA) is 55.6 Å². The number of ether oxygens (including phenoxy) is 1. The maximum atomic E-state index is 10.4. The fraction of sp³-hybridized carbons (Fsp3) is 0.750. The van der Waals surface area contributed by atoms with Crippen LogP contribution in [0.2, 0.25) is 0 Å². The van der Waals surface area contributed by atoms with Crippen molar-refractivity contribution < 1.29 is 9.53 Å². The van der Waals surface area contributed by atoms with Crippen LogP contribution in [0, 0.1) is 6.42 Å². The molecule has 0 aromatic heterocycles. The summed E-state index contributed by atoms with van der Waals surface area (Å²) in [6.45, 7) is 4.44. The van der Waals surface area contributed by atoms with Gasteiger partial charge in [-0.25, -0.2) is 0 Å². The molecule has 1 aliphatic heterocycles. The molecule has 0 unspecified atom stereocenters. The zero-order valence-electron chi connectivity index (χ0n) is 7.16. The van der Waals surface area contributed by atoms with E-state index in [0.29, 0.717) is 0 Å². The highest BCUT2D eigenvalue weighted by atomic mass is 16.5. The average molecular weight is 171 g/mol. The zero-order valence-corrected chi connectivity index (χ0v) is 7.16. The molecule has 0 aromatic rings. The number of hydrogen-bond acceptors (Lipinski definition) is 3. The van der Waals surface area contributed by atoms with Crippen LogP contribution in [-0.4, -0.2) is 43.7 Å². The second kappa shape index (κ2) is 5.11. The molecule has 1 rings (SSSR count). The van der Waals surface area contributed by atoms with Crippen molar-refractivity contribution in [1.82, 2.24) is 4.90 Å². The second-order valence-electron chi connectivity index (χ2n) is 2.85. The molecule has 0 saturated carbocycles. The van der Waals surface area contributed by atoms with E-state index in [2.05, 4.69) is 4.90 Å². The lowest BCUT2D eigenvalue weighted by Gasteiger charge is -2.26. The second-order valence-corrected chi connectivity index (χ2v) is 2.85. The highest BCUT2D eigenvalue weighted by molar-refractivity contribution is 5.82. The van der Waals surface area contributed by atoms with Gasteiger partial charge in [0.2, 0.25) is 5.91 Å². The Balaban J connectivity index is 2.01. The first kappa shape index (κ1) is 9.48. The molecule has 0 atom stereocenters. The SMILES string of the molecule is NC(=O)[CH]CCN1CCOCC1. The van der Waals surface area contributed by atoms with E-state index in [1.165, 1.54) is 6.42 Å². The minimum absolute atomic E-state index is 0.330. The van der Waals surface area contributed by atoms with E-state index in [4.69, 9.17) is 10.5 Å². The van der Waals surface area contributed by atoms with Gasteiger partial charge in [-0.1, -0.05) is 0 Å². The molecule has 0 aromatic carbocycles. The fourth-order valence-corrected chi connectivity index (χ4v) is 1.21. The van der Waals surface area contributed by atoms with E-state index in [1.807, 2.05) is 0 Å². The van der Waals surface area contributed by atoms with Gasteiger partial charge < -0.3 is 10.5 Å². The number of hydrogen-bond donors (Lipinski definition) is 1. The van der Waals surface area contributed by atoms with Gasteiger partial charge in [0.15, 0.2) is 0 Å². The molecule has 1 aliphatic rings. The molecule has 4 nitrogen and oxygen atoms in total. The van der Waals surface area contributed by atoms with Gasteiger partial charge in [0.25, 0.3) is 0 Å². The largest absolute Gasteiger partial charge is 0.379 e. The van der Waals surface area contributed by atoms with Crippen molar-refractivity contribution in [2.24, 2.45) is 5.73 Å². The van der Waals surface area contributed by atoms with Gasteiger partial charge in [0, 0.05) is 13.1 Å². The minimum Gasteiger partial charge on any atom is -0.379 e. The van der Waals surface area contributed by atoms with Gasteiger partial charge in [-0.3, -0.25) is 9.69 Å². The lowest BCUT2D eigenvalue weighted by atomic mass is 10.2. The Morgan fingerprint density at radius 3 is 2.75 bits per heavy atom. The first-order chi connectivity index (χ1) is 5.79. The number of carbonyl (C=O) groups is 1. The van der Waals surface area contributed by atoms with Crippen LogP contribution in [0.3, 0.4) is 0 Å². The number of rotatable bonds is 4. The predicted molar refractivity (Wildman–Crippen MR) is 45.4 cm³/mol. The van der Waals surface area contributed by atoms with Crippen molar-refractivity contribution in [3.63, 3.8) is 0 Å². The summed E-state index contributed by atoms with van der Waals surface area (Å²) < 4.78 is 5.18. The van der Waals surface area contributed by atoms with E-state index >= 15 is 0 Å². The molecule has 1 fully saturated rings. The summed E-state index contributed by atoms with van der Waals surface area (Å²) in [5, 5.41) is 0. The van der Waals surface area contributed by atoms with Crippen LogP contribution in [-0.2, 0) is 9.53 Å².